The number of piperidine rings is 1. The van der Waals surface area contributed by atoms with Crippen LogP contribution >= 0.6 is 15.9 Å². The van der Waals surface area contributed by atoms with Gasteiger partial charge in [-0.3, -0.25) is 0 Å². The zero-order valence-electron chi connectivity index (χ0n) is 7.49. The number of pyridine rings is 1. The molecular weight excluding hydrogens is 228 g/mol. The molecule has 0 saturated carbocycles. The Morgan fingerprint density at radius 3 is 3.00 bits per heavy atom. The SMILES string of the molecule is BrC1CCCCN1c1ccccn1. The standard InChI is InChI=1S/C10H13BrN2/c11-9-5-2-4-8-13(9)10-6-1-3-7-12-10/h1,3,6-7,9H,2,4-5,8H2. The molecule has 0 spiro atoms. The molecule has 0 amide bonds. The summed E-state index contributed by atoms with van der Waals surface area (Å²) in [4.78, 5) is 7.14. The lowest BCUT2D eigenvalue weighted by Gasteiger charge is -2.32. The van der Waals surface area contributed by atoms with E-state index in [0.717, 1.165) is 12.4 Å². The van der Waals surface area contributed by atoms with Crippen molar-refractivity contribution in [1.82, 2.24) is 4.98 Å². The Hall–Kier alpha value is -0.570. The molecule has 1 aromatic heterocycles. The minimum atomic E-state index is 0.469. The molecule has 1 unspecified atom stereocenters. The van der Waals surface area contributed by atoms with Crippen LogP contribution in [-0.2, 0) is 0 Å². The molecule has 2 rings (SSSR count). The Labute approximate surface area is 87.1 Å². The van der Waals surface area contributed by atoms with Crippen LogP contribution < -0.4 is 4.90 Å². The van der Waals surface area contributed by atoms with E-state index in [0.29, 0.717) is 4.95 Å². The Morgan fingerprint density at radius 1 is 1.38 bits per heavy atom. The first-order valence-corrected chi connectivity index (χ1v) is 5.61. The highest BCUT2D eigenvalue weighted by Gasteiger charge is 2.20. The van der Waals surface area contributed by atoms with Crippen LogP contribution in [0.25, 0.3) is 0 Å². The summed E-state index contributed by atoms with van der Waals surface area (Å²) < 4.78 is 0. The van der Waals surface area contributed by atoms with Crippen molar-refractivity contribution in [3.63, 3.8) is 0 Å². The van der Waals surface area contributed by atoms with Gasteiger partial charge in [0.2, 0.25) is 0 Å². The van der Waals surface area contributed by atoms with E-state index in [1.807, 2.05) is 18.3 Å². The zero-order valence-corrected chi connectivity index (χ0v) is 9.07. The van der Waals surface area contributed by atoms with E-state index in [2.05, 4.69) is 31.9 Å². The summed E-state index contributed by atoms with van der Waals surface area (Å²) in [7, 11) is 0. The molecule has 0 aromatic carbocycles. The number of alkyl halides is 1. The molecule has 1 saturated heterocycles. The number of halogens is 1. The summed E-state index contributed by atoms with van der Waals surface area (Å²) in [5.41, 5.74) is 0. The quantitative estimate of drug-likeness (QED) is 0.555. The first kappa shape index (κ1) is 9.00. The highest BCUT2D eigenvalue weighted by molar-refractivity contribution is 9.09. The lowest BCUT2D eigenvalue weighted by Crippen LogP contribution is -2.35. The minimum Gasteiger partial charge on any atom is -0.344 e. The van der Waals surface area contributed by atoms with E-state index in [1.165, 1.54) is 19.3 Å². The van der Waals surface area contributed by atoms with Crippen LogP contribution in [0.2, 0.25) is 0 Å². The lowest BCUT2D eigenvalue weighted by molar-refractivity contribution is 0.552. The normalized spacial score (nSPS) is 23.2. The van der Waals surface area contributed by atoms with Gasteiger partial charge in [0, 0.05) is 12.7 Å². The maximum atomic E-state index is 4.35. The lowest BCUT2D eigenvalue weighted by atomic mass is 10.1. The Bertz CT molecular complexity index is 263. The number of aromatic nitrogens is 1. The molecule has 1 aliphatic rings. The number of nitrogens with zero attached hydrogens (tertiary/aromatic N) is 2. The van der Waals surface area contributed by atoms with Gasteiger partial charge in [-0.05, 0) is 31.4 Å². The molecule has 2 heterocycles. The topological polar surface area (TPSA) is 16.1 Å². The summed E-state index contributed by atoms with van der Waals surface area (Å²) in [6.07, 6.45) is 5.66. The fraction of sp³-hybridized carbons (Fsp3) is 0.500. The van der Waals surface area contributed by atoms with Crippen molar-refractivity contribution in [2.45, 2.75) is 24.2 Å². The molecule has 0 radical (unpaired) electrons. The van der Waals surface area contributed by atoms with Gasteiger partial charge in [-0.25, -0.2) is 4.98 Å². The van der Waals surface area contributed by atoms with E-state index in [1.54, 1.807) is 0 Å². The maximum Gasteiger partial charge on any atom is 0.129 e. The van der Waals surface area contributed by atoms with Crippen LogP contribution in [0.1, 0.15) is 19.3 Å². The van der Waals surface area contributed by atoms with Crippen LogP contribution in [0, 0.1) is 0 Å². The van der Waals surface area contributed by atoms with Crippen molar-refractivity contribution in [1.29, 1.82) is 0 Å². The van der Waals surface area contributed by atoms with Crippen molar-refractivity contribution in [2.24, 2.45) is 0 Å². The number of rotatable bonds is 1. The van der Waals surface area contributed by atoms with Crippen molar-refractivity contribution in [3.05, 3.63) is 24.4 Å². The van der Waals surface area contributed by atoms with E-state index < -0.39 is 0 Å². The molecule has 2 nitrogen and oxygen atoms in total. The Balaban J connectivity index is 2.15. The number of hydrogen-bond acceptors (Lipinski definition) is 2. The predicted molar refractivity (Wildman–Crippen MR) is 58.1 cm³/mol. The minimum absolute atomic E-state index is 0.469. The second-order valence-electron chi connectivity index (χ2n) is 3.31. The second kappa shape index (κ2) is 4.09. The monoisotopic (exact) mass is 240 g/mol. The van der Waals surface area contributed by atoms with Crippen molar-refractivity contribution >= 4 is 21.7 Å². The van der Waals surface area contributed by atoms with E-state index >= 15 is 0 Å². The molecule has 1 atom stereocenters. The van der Waals surface area contributed by atoms with Crippen LogP contribution in [-0.4, -0.2) is 16.5 Å². The van der Waals surface area contributed by atoms with Crippen LogP contribution in [0.4, 0.5) is 5.82 Å². The molecule has 1 fully saturated rings. The molecule has 0 bridgehead atoms. The fourth-order valence-electron chi connectivity index (χ4n) is 1.67. The van der Waals surface area contributed by atoms with Gasteiger partial charge >= 0.3 is 0 Å². The van der Waals surface area contributed by atoms with Gasteiger partial charge in [0.15, 0.2) is 0 Å². The summed E-state index contributed by atoms with van der Waals surface area (Å²) >= 11 is 3.68. The van der Waals surface area contributed by atoms with Gasteiger partial charge in [-0.1, -0.05) is 22.0 Å². The summed E-state index contributed by atoms with van der Waals surface area (Å²) in [5.74, 6) is 1.09. The summed E-state index contributed by atoms with van der Waals surface area (Å²) in [6.45, 7) is 1.12. The predicted octanol–water partition coefficient (Wildman–Crippen LogP) is 2.79. The average molecular weight is 241 g/mol. The molecule has 3 heteroatoms. The largest absolute Gasteiger partial charge is 0.344 e. The molecule has 13 heavy (non-hydrogen) atoms. The number of anilines is 1. The van der Waals surface area contributed by atoms with Gasteiger partial charge in [0.1, 0.15) is 5.82 Å². The summed E-state index contributed by atoms with van der Waals surface area (Å²) in [5, 5.41) is 0. The Kier molecular flexibility index (Phi) is 2.83. The first-order valence-electron chi connectivity index (χ1n) is 4.69. The van der Waals surface area contributed by atoms with Gasteiger partial charge in [0.25, 0.3) is 0 Å². The van der Waals surface area contributed by atoms with Gasteiger partial charge < -0.3 is 4.90 Å². The second-order valence-corrected chi connectivity index (χ2v) is 4.37. The van der Waals surface area contributed by atoms with E-state index in [4.69, 9.17) is 0 Å². The van der Waals surface area contributed by atoms with Gasteiger partial charge in [0.05, 0.1) is 4.95 Å². The maximum absolute atomic E-state index is 4.35. The Morgan fingerprint density at radius 2 is 2.31 bits per heavy atom. The third-order valence-electron chi connectivity index (χ3n) is 2.37. The van der Waals surface area contributed by atoms with Gasteiger partial charge in [-0.2, -0.15) is 0 Å². The van der Waals surface area contributed by atoms with Crippen LogP contribution in [0.5, 0.6) is 0 Å². The van der Waals surface area contributed by atoms with Gasteiger partial charge in [-0.15, -0.1) is 0 Å². The molecule has 0 aliphatic carbocycles. The first-order chi connectivity index (χ1) is 6.38. The highest BCUT2D eigenvalue weighted by atomic mass is 79.9. The molecular formula is C10H13BrN2. The average Bonchev–Trinajstić information content (AvgIpc) is 2.20. The smallest absolute Gasteiger partial charge is 0.129 e. The van der Waals surface area contributed by atoms with Crippen molar-refractivity contribution < 1.29 is 0 Å². The molecule has 1 aromatic rings. The summed E-state index contributed by atoms with van der Waals surface area (Å²) in [6, 6.07) is 6.06. The van der Waals surface area contributed by atoms with E-state index in [9.17, 15) is 0 Å². The number of hydrogen-bond donors (Lipinski definition) is 0. The third-order valence-corrected chi connectivity index (χ3v) is 3.33. The molecule has 70 valence electrons. The fourth-order valence-corrected chi connectivity index (χ4v) is 2.41. The van der Waals surface area contributed by atoms with Crippen molar-refractivity contribution in [2.75, 3.05) is 11.4 Å². The van der Waals surface area contributed by atoms with Crippen LogP contribution in [0.3, 0.4) is 0 Å². The van der Waals surface area contributed by atoms with Crippen molar-refractivity contribution in [3.8, 4) is 0 Å². The highest BCUT2D eigenvalue weighted by Crippen LogP contribution is 2.25. The molecule has 0 N–H and O–H groups in total. The molecule has 1 aliphatic heterocycles. The third kappa shape index (κ3) is 2.02. The van der Waals surface area contributed by atoms with E-state index in [-0.39, 0.29) is 0 Å². The zero-order chi connectivity index (χ0) is 9.10. The van der Waals surface area contributed by atoms with Crippen LogP contribution in [0.15, 0.2) is 24.4 Å².